The normalized spacial score (nSPS) is 11.1. The molecule has 5 heteroatoms. The van der Waals surface area contributed by atoms with Gasteiger partial charge < -0.3 is 4.84 Å². The highest BCUT2D eigenvalue weighted by Gasteiger charge is 2.21. The average molecular weight is 307 g/mol. The molecule has 0 unspecified atom stereocenters. The van der Waals surface area contributed by atoms with E-state index in [4.69, 9.17) is 9.68 Å². The first-order chi connectivity index (χ1) is 10.3. The lowest BCUT2D eigenvalue weighted by Gasteiger charge is -2.21. The molecule has 22 heavy (non-hydrogen) atoms. The third-order valence-corrected chi connectivity index (χ3v) is 3.08. The molecular weight excluding hydrogens is 282 g/mol. The Bertz CT molecular complexity index is 502. The van der Waals surface area contributed by atoms with Gasteiger partial charge in [-0.05, 0) is 34.8 Å². The van der Waals surface area contributed by atoms with Crippen LogP contribution in [0.15, 0.2) is 24.3 Å². The molecule has 0 heterocycles. The molecule has 0 bridgehead atoms. The second-order valence-electron chi connectivity index (χ2n) is 6.16. The van der Waals surface area contributed by atoms with E-state index in [2.05, 4.69) is 20.8 Å². The SMILES string of the molecule is CCCCON(OC(C)=O)C(=O)c1ccc(C(C)(C)C)cc1. The van der Waals surface area contributed by atoms with Gasteiger partial charge in [0.1, 0.15) is 0 Å². The minimum atomic E-state index is -0.601. The van der Waals surface area contributed by atoms with Gasteiger partial charge in [-0.15, -0.1) is 0 Å². The van der Waals surface area contributed by atoms with Crippen molar-refractivity contribution in [1.29, 1.82) is 0 Å². The second-order valence-corrected chi connectivity index (χ2v) is 6.16. The monoisotopic (exact) mass is 307 g/mol. The maximum atomic E-state index is 12.4. The molecule has 1 aromatic carbocycles. The van der Waals surface area contributed by atoms with Crippen LogP contribution >= 0.6 is 0 Å². The summed E-state index contributed by atoms with van der Waals surface area (Å²) in [4.78, 5) is 33.6. The highest BCUT2D eigenvalue weighted by Crippen LogP contribution is 2.22. The van der Waals surface area contributed by atoms with Crippen molar-refractivity contribution in [3.63, 3.8) is 0 Å². The van der Waals surface area contributed by atoms with Gasteiger partial charge >= 0.3 is 11.9 Å². The van der Waals surface area contributed by atoms with E-state index in [1.54, 1.807) is 12.1 Å². The van der Waals surface area contributed by atoms with E-state index in [0.717, 1.165) is 18.4 Å². The summed E-state index contributed by atoms with van der Waals surface area (Å²) >= 11 is 0. The van der Waals surface area contributed by atoms with E-state index in [0.29, 0.717) is 17.4 Å². The topological polar surface area (TPSA) is 55.8 Å². The lowest BCUT2D eigenvalue weighted by Crippen LogP contribution is -2.33. The third kappa shape index (κ3) is 5.48. The molecule has 0 aliphatic rings. The van der Waals surface area contributed by atoms with Gasteiger partial charge in [-0.3, -0.25) is 4.79 Å². The molecule has 0 spiro atoms. The first kappa shape index (κ1) is 18.2. The first-order valence-corrected chi connectivity index (χ1v) is 7.52. The molecular formula is C17H25NO4. The fourth-order valence-electron chi connectivity index (χ4n) is 1.75. The zero-order chi connectivity index (χ0) is 16.8. The summed E-state index contributed by atoms with van der Waals surface area (Å²) in [5.41, 5.74) is 1.54. The lowest BCUT2D eigenvalue weighted by atomic mass is 9.87. The Balaban J connectivity index is 2.85. The Morgan fingerprint density at radius 2 is 1.73 bits per heavy atom. The Morgan fingerprint density at radius 3 is 2.18 bits per heavy atom. The molecule has 0 radical (unpaired) electrons. The minimum Gasteiger partial charge on any atom is -0.312 e. The smallest absolute Gasteiger partial charge is 0.312 e. The van der Waals surface area contributed by atoms with E-state index in [-0.39, 0.29) is 5.41 Å². The van der Waals surface area contributed by atoms with E-state index < -0.39 is 11.9 Å². The van der Waals surface area contributed by atoms with E-state index in [1.807, 2.05) is 19.1 Å². The summed E-state index contributed by atoms with van der Waals surface area (Å²) in [6.45, 7) is 9.85. The van der Waals surface area contributed by atoms with Crippen LogP contribution in [0.5, 0.6) is 0 Å². The van der Waals surface area contributed by atoms with Crippen LogP contribution in [0.1, 0.15) is 63.4 Å². The fourth-order valence-corrected chi connectivity index (χ4v) is 1.75. The van der Waals surface area contributed by atoms with Crippen LogP contribution in [0.4, 0.5) is 0 Å². The van der Waals surface area contributed by atoms with E-state index >= 15 is 0 Å². The molecule has 122 valence electrons. The lowest BCUT2D eigenvalue weighted by molar-refractivity contribution is -0.307. The number of benzene rings is 1. The third-order valence-electron chi connectivity index (χ3n) is 3.08. The molecule has 0 saturated carbocycles. The van der Waals surface area contributed by atoms with Crippen LogP contribution in [0, 0.1) is 0 Å². The van der Waals surface area contributed by atoms with E-state index in [9.17, 15) is 9.59 Å². The minimum absolute atomic E-state index is 0.00871. The Labute approximate surface area is 132 Å². The van der Waals surface area contributed by atoms with Gasteiger partial charge in [0.05, 0.1) is 6.61 Å². The van der Waals surface area contributed by atoms with Crippen LogP contribution in [0.3, 0.4) is 0 Å². The Morgan fingerprint density at radius 1 is 1.14 bits per heavy atom. The molecule has 0 saturated heterocycles. The molecule has 0 aliphatic carbocycles. The number of hydrogen-bond acceptors (Lipinski definition) is 4. The summed E-state index contributed by atoms with van der Waals surface area (Å²) in [5, 5.41) is 0.671. The summed E-state index contributed by atoms with van der Waals surface area (Å²) < 4.78 is 0. The second kappa shape index (κ2) is 7.94. The quantitative estimate of drug-likeness (QED) is 0.615. The van der Waals surface area contributed by atoms with Gasteiger partial charge in [-0.2, -0.15) is 0 Å². The highest BCUT2D eigenvalue weighted by molar-refractivity contribution is 5.93. The fraction of sp³-hybridized carbons (Fsp3) is 0.529. The molecule has 1 rings (SSSR count). The maximum Gasteiger partial charge on any atom is 0.332 e. The maximum absolute atomic E-state index is 12.4. The van der Waals surface area contributed by atoms with Crippen LogP contribution in [-0.4, -0.2) is 23.7 Å². The number of carbonyl (C=O) groups excluding carboxylic acids is 2. The summed E-state index contributed by atoms with van der Waals surface area (Å²) in [6, 6.07) is 7.21. The largest absolute Gasteiger partial charge is 0.332 e. The molecule has 1 aromatic rings. The Hall–Kier alpha value is -1.88. The van der Waals surface area contributed by atoms with Gasteiger partial charge in [0, 0.05) is 12.5 Å². The average Bonchev–Trinajstić information content (AvgIpc) is 2.44. The van der Waals surface area contributed by atoms with Crippen molar-refractivity contribution < 1.29 is 19.3 Å². The number of hydroxylamine groups is 2. The van der Waals surface area contributed by atoms with Gasteiger partial charge in [0.15, 0.2) is 0 Å². The number of carbonyl (C=O) groups is 2. The zero-order valence-electron chi connectivity index (χ0n) is 14.0. The predicted octanol–water partition coefficient (Wildman–Crippen LogP) is 3.64. The van der Waals surface area contributed by atoms with Crippen molar-refractivity contribution in [2.75, 3.05) is 6.61 Å². The van der Waals surface area contributed by atoms with Gasteiger partial charge in [0.2, 0.25) is 0 Å². The van der Waals surface area contributed by atoms with Crippen LogP contribution in [0.25, 0.3) is 0 Å². The van der Waals surface area contributed by atoms with Crippen molar-refractivity contribution in [3.8, 4) is 0 Å². The van der Waals surface area contributed by atoms with Gasteiger partial charge in [0.25, 0.3) is 0 Å². The predicted molar refractivity (Wildman–Crippen MR) is 83.9 cm³/mol. The highest BCUT2D eigenvalue weighted by atomic mass is 17.0. The molecule has 0 N–H and O–H groups in total. The molecule has 0 aromatic heterocycles. The number of rotatable bonds is 5. The van der Waals surface area contributed by atoms with Crippen molar-refractivity contribution in [2.45, 2.75) is 52.9 Å². The molecule has 5 nitrogen and oxygen atoms in total. The van der Waals surface area contributed by atoms with Crippen molar-refractivity contribution in [1.82, 2.24) is 5.23 Å². The van der Waals surface area contributed by atoms with Crippen molar-refractivity contribution in [2.24, 2.45) is 0 Å². The Kier molecular flexibility index (Phi) is 6.56. The summed E-state index contributed by atoms with van der Waals surface area (Å²) in [5.74, 6) is -1.09. The standard InChI is InChI=1S/C17H25NO4/c1-6-7-12-21-18(22-13(2)19)16(20)14-8-10-15(11-9-14)17(3,4)5/h8-11H,6-7,12H2,1-5H3. The number of nitrogens with zero attached hydrogens (tertiary/aromatic N) is 1. The summed E-state index contributed by atoms with van der Waals surface area (Å²) in [6.07, 6.45) is 1.69. The molecule has 0 atom stereocenters. The van der Waals surface area contributed by atoms with Crippen LogP contribution < -0.4 is 0 Å². The van der Waals surface area contributed by atoms with Crippen molar-refractivity contribution in [3.05, 3.63) is 35.4 Å². The molecule has 0 aliphatic heterocycles. The summed E-state index contributed by atoms with van der Waals surface area (Å²) in [7, 11) is 0. The number of amides is 1. The number of hydrogen-bond donors (Lipinski definition) is 0. The van der Waals surface area contributed by atoms with Gasteiger partial charge in [-0.25, -0.2) is 9.63 Å². The van der Waals surface area contributed by atoms with E-state index in [1.165, 1.54) is 6.92 Å². The first-order valence-electron chi connectivity index (χ1n) is 7.52. The molecule has 0 fully saturated rings. The number of unbranched alkanes of at least 4 members (excludes halogenated alkanes) is 1. The van der Waals surface area contributed by atoms with Crippen molar-refractivity contribution >= 4 is 11.9 Å². The van der Waals surface area contributed by atoms with Gasteiger partial charge in [-0.1, -0.05) is 46.2 Å². The molecule has 1 amide bonds. The van der Waals surface area contributed by atoms with Crippen LogP contribution in [0.2, 0.25) is 0 Å². The zero-order valence-corrected chi connectivity index (χ0v) is 14.0. The van der Waals surface area contributed by atoms with Crippen LogP contribution in [-0.2, 0) is 19.9 Å².